The maximum Gasteiger partial charge on any atom is 0.191 e. The fourth-order valence-corrected chi connectivity index (χ4v) is 3.23. The van der Waals surface area contributed by atoms with Gasteiger partial charge in [0.15, 0.2) is 5.96 Å². The minimum Gasteiger partial charge on any atom is -0.355 e. The van der Waals surface area contributed by atoms with Gasteiger partial charge in [-0.2, -0.15) is 0 Å². The molecular weight excluding hydrogens is 348 g/mol. The van der Waals surface area contributed by atoms with E-state index in [4.69, 9.17) is 0 Å². The predicted octanol–water partition coefficient (Wildman–Crippen LogP) is 2.48. The fourth-order valence-electron chi connectivity index (χ4n) is 3.23. The number of nitrogens with zero attached hydrogens (tertiary/aromatic N) is 2. The summed E-state index contributed by atoms with van der Waals surface area (Å²) < 4.78 is 27.8. The van der Waals surface area contributed by atoms with Crippen molar-refractivity contribution >= 4 is 5.96 Å². The Balaban J connectivity index is 1.82. The maximum absolute atomic E-state index is 13.9. The number of hydrogen-bond donors (Lipinski definition) is 3. The second-order valence-electron chi connectivity index (χ2n) is 8.09. The Hall–Kier alpha value is -1.73. The van der Waals surface area contributed by atoms with Crippen LogP contribution in [-0.4, -0.2) is 55.7 Å². The highest BCUT2D eigenvalue weighted by Gasteiger charge is 2.22. The molecule has 1 aromatic rings. The number of guanidine groups is 1. The van der Waals surface area contributed by atoms with Crippen LogP contribution < -0.4 is 16.0 Å². The molecule has 5 nitrogen and oxygen atoms in total. The lowest BCUT2D eigenvalue weighted by Gasteiger charge is -2.34. The molecule has 0 bridgehead atoms. The highest BCUT2D eigenvalue weighted by atomic mass is 19.1. The number of aliphatic imine (C=N–C) groups is 1. The smallest absolute Gasteiger partial charge is 0.191 e. The molecule has 1 aliphatic heterocycles. The molecule has 0 spiro atoms. The van der Waals surface area contributed by atoms with Gasteiger partial charge in [-0.1, -0.05) is 6.07 Å². The summed E-state index contributed by atoms with van der Waals surface area (Å²) in [5.74, 6) is -0.197. The van der Waals surface area contributed by atoms with Gasteiger partial charge in [0.25, 0.3) is 0 Å². The molecule has 1 aliphatic rings. The second-order valence-corrected chi connectivity index (χ2v) is 8.09. The monoisotopic (exact) mass is 381 g/mol. The summed E-state index contributed by atoms with van der Waals surface area (Å²) in [6.45, 7) is 9.88. The normalized spacial score (nSPS) is 19.2. The summed E-state index contributed by atoms with van der Waals surface area (Å²) in [5.41, 5.74) is 0.235. The van der Waals surface area contributed by atoms with E-state index >= 15 is 0 Å². The molecule has 1 unspecified atom stereocenters. The third-order valence-electron chi connectivity index (χ3n) is 4.59. The quantitative estimate of drug-likeness (QED) is 0.403. The van der Waals surface area contributed by atoms with Crippen LogP contribution in [0.2, 0.25) is 0 Å². The Bertz CT molecular complexity index is 607. The van der Waals surface area contributed by atoms with Gasteiger partial charge >= 0.3 is 0 Å². The summed E-state index contributed by atoms with van der Waals surface area (Å²) in [6.07, 6.45) is 1.99. The molecule has 0 aliphatic carbocycles. The molecule has 3 N–H and O–H groups in total. The first-order chi connectivity index (χ1) is 12.8. The second kappa shape index (κ2) is 9.99. The fraction of sp³-hybridized carbons (Fsp3) is 0.650. The van der Waals surface area contributed by atoms with Crippen molar-refractivity contribution in [1.82, 2.24) is 20.9 Å². The topological polar surface area (TPSA) is 51.7 Å². The molecule has 0 amide bonds. The molecule has 1 atom stereocenters. The van der Waals surface area contributed by atoms with Crippen LogP contribution in [0.5, 0.6) is 0 Å². The van der Waals surface area contributed by atoms with Gasteiger partial charge in [-0.3, -0.25) is 9.89 Å². The van der Waals surface area contributed by atoms with E-state index in [0.29, 0.717) is 0 Å². The number of nitrogens with one attached hydrogen (secondary N) is 3. The summed E-state index contributed by atoms with van der Waals surface area (Å²) in [6, 6.07) is 4.24. The van der Waals surface area contributed by atoms with Gasteiger partial charge in [-0.05, 0) is 52.3 Å². The molecule has 0 radical (unpaired) electrons. The van der Waals surface area contributed by atoms with Crippen LogP contribution in [0.15, 0.2) is 23.2 Å². The summed E-state index contributed by atoms with van der Waals surface area (Å²) in [7, 11) is 1.75. The average Bonchev–Trinajstić information content (AvgIpc) is 2.60. The number of piperidine rings is 1. The molecule has 27 heavy (non-hydrogen) atoms. The molecule has 1 fully saturated rings. The van der Waals surface area contributed by atoms with Gasteiger partial charge in [0, 0.05) is 50.4 Å². The molecule has 0 aromatic heterocycles. The zero-order valence-electron chi connectivity index (χ0n) is 16.9. The lowest BCUT2D eigenvalue weighted by molar-refractivity contribution is 0.188. The number of hydrogen-bond acceptors (Lipinski definition) is 3. The molecule has 2 rings (SSSR count). The van der Waals surface area contributed by atoms with Crippen molar-refractivity contribution in [3.05, 3.63) is 35.4 Å². The van der Waals surface area contributed by atoms with Crippen LogP contribution in [-0.2, 0) is 6.54 Å². The van der Waals surface area contributed by atoms with Crippen molar-refractivity contribution in [3.8, 4) is 0 Å². The van der Waals surface area contributed by atoms with E-state index in [9.17, 15) is 8.78 Å². The van der Waals surface area contributed by atoms with Crippen molar-refractivity contribution in [2.75, 3.05) is 33.2 Å². The van der Waals surface area contributed by atoms with Crippen molar-refractivity contribution in [2.45, 2.75) is 51.7 Å². The lowest BCUT2D eigenvalue weighted by atomic mass is 10.0. The molecule has 152 valence electrons. The van der Waals surface area contributed by atoms with E-state index in [1.807, 2.05) is 0 Å². The summed E-state index contributed by atoms with van der Waals surface area (Å²) >= 11 is 0. The van der Waals surface area contributed by atoms with Crippen molar-refractivity contribution in [1.29, 1.82) is 0 Å². The number of halogens is 2. The summed E-state index contributed by atoms with van der Waals surface area (Å²) in [4.78, 5) is 6.38. The Morgan fingerprint density at radius 3 is 2.56 bits per heavy atom. The number of likely N-dealkylation sites (tertiary alicyclic amines) is 1. The molecule has 0 saturated carbocycles. The van der Waals surface area contributed by atoms with Gasteiger partial charge in [-0.25, -0.2) is 8.78 Å². The minimum absolute atomic E-state index is 0.0878. The Morgan fingerprint density at radius 2 is 1.93 bits per heavy atom. The Kier molecular flexibility index (Phi) is 7.98. The predicted molar refractivity (Wildman–Crippen MR) is 107 cm³/mol. The highest BCUT2D eigenvalue weighted by Crippen LogP contribution is 2.18. The van der Waals surface area contributed by atoms with Gasteiger partial charge in [0.1, 0.15) is 11.6 Å². The van der Waals surface area contributed by atoms with Crippen LogP contribution >= 0.6 is 0 Å². The molecular formula is C20H33F2N5. The zero-order chi connectivity index (χ0) is 19.9. The first kappa shape index (κ1) is 21.6. The highest BCUT2D eigenvalue weighted by molar-refractivity contribution is 5.79. The van der Waals surface area contributed by atoms with Crippen molar-refractivity contribution in [2.24, 2.45) is 4.99 Å². The average molecular weight is 382 g/mol. The zero-order valence-corrected chi connectivity index (χ0v) is 16.9. The van der Waals surface area contributed by atoms with E-state index in [-0.39, 0.29) is 23.7 Å². The van der Waals surface area contributed by atoms with Gasteiger partial charge < -0.3 is 16.0 Å². The van der Waals surface area contributed by atoms with E-state index in [1.54, 1.807) is 7.05 Å². The molecule has 1 saturated heterocycles. The molecule has 1 aromatic carbocycles. The van der Waals surface area contributed by atoms with Gasteiger partial charge in [0.05, 0.1) is 0 Å². The first-order valence-corrected chi connectivity index (χ1v) is 9.66. The van der Waals surface area contributed by atoms with E-state index in [2.05, 4.69) is 46.6 Å². The molecule has 7 heteroatoms. The maximum atomic E-state index is 13.9. The first-order valence-electron chi connectivity index (χ1n) is 9.66. The van der Waals surface area contributed by atoms with Crippen LogP contribution in [0.3, 0.4) is 0 Å². The Labute approximate surface area is 161 Å². The lowest BCUT2D eigenvalue weighted by Crippen LogP contribution is -2.52. The number of rotatable bonds is 6. The van der Waals surface area contributed by atoms with E-state index < -0.39 is 11.6 Å². The SMILES string of the molecule is CN=C(NCCNC(C)(C)C)NC1CCCN(Cc2c(F)cccc2F)C1. The molecule has 1 heterocycles. The van der Waals surface area contributed by atoms with E-state index in [0.717, 1.165) is 45.0 Å². The summed E-state index contributed by atoms with van der Waals surface area (Å²) in [5, 5.41) is 10.2. The van der Waals surface area contributed by atoms with Gasteiger partial charge in [0.2, 0.25) is 0 Å². The van der Waals surface area contributed by atoms with Crippen molar-refractivity contribution < 1.29 is 8.78 Å². The van der Waals surface area contributed by atoms with Crippen LogP contribution in [0.25, 0.3) is 0 Å². The minimum atomic E-state index is -0.478. The van der Waals surface area contributed by atoms with Crippen LogP contribution in [0, 0.1) is 11.6 Å². The standard InChI is InChI=1S/C20H33F2N5/c1-20(2,3)25-11-10-24-19(23-4)26-15-7-6-12-27(13-15)14-16-17(21)8-5-9-18(16)22/h5,8-9,15,25H,6-7,10-14H2,1-4H3,(H2,23,24,26). The largest absolute Gasteiger partial charge is 0.355 e. The third kappa shape index (κ3) is 7.42. The Morgan fingerprint density at radius 1 is 1.22 bits per heavy atom. The van der Waals surface area contributed by atoms with Crippen LogP contribution in [0.1, 0.15) is 39.2 Å². The van der Waals surface area contributed by atoms with Crippen molar-refractivity contribution in [3.63, 3.8) is 0 Å². The van der Waals surface area contributed by atoms with Gasteiger partial charge in [-0.15, -0.1) is 0 Å². The third-order valence-corrected chi connectivity index (χ3v) is 4.59. The van der Waals surface area contributed by atoms with E-state index in [1.165, 1.54) is 18.2 Å². The number of benzene rings is 1. The van der Waals surface area contributed by atoms with Crippen LogP contribution in [0.4, 0.5) is 8.78 Å².